The fourth-order valence-corrected chi connectivity index (χ4v) is 1.46. The normalized spacial score (nSPS) is 7.54. The molecule has 3 heteroatoms. The third kappa shape index (κ3) is 6.46. The van der Waals surface area contributed by atoms with E-state index in [9.17, 15) is 8.78 Å². The van der Waals surface area contributed by atoms with Gasteiger partial charge in [0.25, 0.3) is 0 Å². The van der Waals surface area contributed by atoms with Crippen molar-refractivity contribution in [2.45, 2.75) is 13.8 Å². The highest BCUT2D eigenvalue weighted by Gasteiger charge is 1.93. The van der Waals surface area contributed by atoms with E-state index >= 15 is 0 Å². The number of hydrogen-bond donors (Lipinski definition) is 0. The van der Waals surface area contributed by atoms with Gasteiger partial charge in [0.15, 0.2) is 0 Å². The van der Waals surface area contributed by atoms with Gasteiger partial charge < -0.3 is 0 Å². The maximum absolute atomic E-state index is 9.50. The molecule has 0 aliphatic carbocycles. The fraction of sp³-hybridized carbons (Fsp3) is 0.400. The summed E-state index contributed by atoms with van der Waals surface area (Å²) in [5.41, 5.74) is 1.16. The predicted octanol–water partition coefficient (Wildman–Crippen LogP) is 4.26. The minimum atomic E-state index is 0.500. The zero-order valence-electron chi connectivity index (χ0n) is 8.53. The van der Waals surface area contributed by atoms with E-state index in [1.165, 1.54) is 9.75 Å². The monoisotopic (exact) mass is 206 g/mol. The smallest absolute Gasteiger partial charge is 0.0785 e. The summed E-state index contributed by atoms with van der Waals surface area (Å²) in [6.45, 7) is 7.99. The van der Waals surface area contributed by atoms with E-state index in [2.05, 4.69) is 25.6 Å². The largest absolute Gasteiger partial charge is 0.255 e. The highest BCUT2D eigenvalue weighted by molar-refractivity contribution is 7.13. The molecule has 0 saturated carbocycles. The van der Waals surface area contributed by atoms with E-state index < -0.39 is 0 Å². The molecule has 1 aromatic heterocycles. The zero-order valence-corrected chi connectivity index (χ0v) is 9.34. The van der Waals surface area contributed by atoms with Crippen LogP contribution in [0.1, 0.15) is 16.7 Å². The van der Waals surface area contributed by atoms with Crippen LogP contribution in [0.5, 0.6) is 0 Å². The number of halogens is 2. The number of rotatable bonds is 1. The number of thiophene rings is 1. The summed E-state index contributed by atoms with van der Waals surface area (Å²) in [7, 11) is 1.00. The van der Waals surface area contributed by atoms with Crippen molar-refractivity contribution >= 4 is 16.9 Å². The summed E-state index contributed by atoms with van der Waals surface area (Å²) >= 11 is 1.80. The van der Waals surface area contributed by atoms with Crippen LogP contribution >= 0.6 is 11.3 Å². The van der Waals surface area contributed by atoms with Gasteiger partial charge >= 0.3 is 0 Å². The van der Waals surface area contributed by atoms with Crippen LogP contribution in [0.25, 0.3) is 5.57 Å². The van der Waals surface area contributed by atoms with E-state index in [0.29, 0.717) is 14.4 Å². The van der Waals surface area contributed by atoms with Crippen molar-refractivity contribution in [1.29, 1.82) is 0 Å². The number of alkyl halides is 2. The first-order valence-electron chi connectivity index (χ1n) is 3.68. The van der Waals surface area contributed by atoms with Gasteiger partial charge in [0, 0.05) is 9.75 Å². The predicted molar refractivity (Wildman–Crippen MR) is 57.8 cm³/mol. The van der Waals surface area contributed by atoms with Gasteiger partial charge in [0.2, 0.25) is 0 Å². The molecule has 0 atom stereocenters. The Hall–Kier alpha value is -0.700. The lowest BCUT2D eigenvalue weighted by atomic mass is 10.3. The summed E-state index contributed by atoms with van der Waals surface area (Å²) in [5.74, 6) is 0. The summed E-state index contributed by atoms with van der Waals surface area (Å²) in [5, 5.41) is 0. The maximum Gasteiger partial charge on any atom is 0.0785 e. The number of allylic oxidation sites excluding steroid dienone is 1. The highest BCUT2D eigenvalue weighted by atomic mass is 32.1. The summed E-state index contributed by atoms with van der Waals surface area (Å²) in [6.07, 6.45) is 0. The van der Waals surface area contributed by atoms with E-state index in [-0.39, 0.29) is 0 Å². The van der Waals surface area contributed by atoms with Crippen molar-refractivity contribution in [3.8, 4) is 0 Å². The second-order valence-corrected chi connectivity index (χ2v) is 3.48. The van der Waals surface area contributed by atoms with Gasteiger partial charge in [0.05, 0.1) is 14.4 Å². The van der Waals surface area contributed by atoms with Gasteiger partial charge in [-0.05, 0) is 31.6 Å². The van der Waals surface area contributed by atoms with E-state index in [1.54, 1.807) is 11.3 Å². The molecular formula is C10H16F2S. The Morgan fingerprint density at radius 1 is 1.23 bits per heavy atom. The Morgan fingerprint density at radius 3 is 1.85 bits per heavy atom. The number of hydrogen-bond acceptors (Lipinski definition) is 1. The van der Waals surface area contributed by atoms with Crippen LogP contribution in [0, 0.1) is 6.92 Å². The Kier molecular flexibility index (Phi) is 10.7. The molecule has 1 aromatic rings. The first kappa shape index (κ1) is 14.8. The summed E-state index contributed by atoms with van der Waals surface area (Å²) < 4.78 is 19.0. The summed E-state index contributed by atoms with van der Waals surface area (Å²) in [6, 6.07) is 4.23. The Morgan fingerprint density at radius 2 is 1.69 bits per heavy atom. The highest BCUT2D eigenvalue weighted by Crippen LogP contribution is 2.21. The average Bonchev–Trinajstić information content (AvgIpc) is 2.59. The second kappa shape index (κ2) is 9.39. The standard InChI is InChI=1S/C8H10S.2CH3F/c1-6(2)8-5-4-7(3)9-8;2*1-2/h4-5H,1H2,2-3H3;2*1H3. The van der Waals surface area contributed by atoms with Crippen LogP contribution in [0.3, 0.4) is 0 Å². The molecule has 0 aliphatic rings. The molecule has 76 valence electrons. The van der Waals surface area contributed by atoms with Crippen LogP contribution in [0.4, 0.5) is 8.78 Å². The van der Waals surface area contributed by atoms with Gasteiger partial charge in [0.1, 0.15) is 0 Å². The van der Waals surface area contributed by atoms with Crippen molar-refractivity contribution in [3.05, 3.63) is 28.5 Å². The van der Waals surface area contributed by atoms with Crippen molar-refractivity contribution in [1.82, 2.24) is 0 Å². The van der Waals surface area contributed by atoms with Crippen LogP contribution in [0.15, 0.2) is 18.7 Å². The lowest BCUT2D eigenvalue weighted by Gasteiger charge is -1.87. The Bertz CT molecular complexity index is 229. The lowest BCUT2D eigenvalue weighted by molar-refractivity contribution is 0.635. The second-order valence-electron chi connectivity index (χ2n) is 2.19. The van der Waals surface area contributed by atoms with Crippen LogP contribution in [-0.2, 0) is 0 Å². The van der Waals surface area contributed by atoms with Gasteiger partial charge in [-0.2, -0.15) is 0 Å². The molecule has 1 rings (SSSR count). The van der Waals surface area contributed by atoms with Crippen molar-refractivity contribution < 1.29 is 8.78 Å². The molecule has 0 aliphatic heterocycles. The molecule has 13 heavy (non-hydrogen) atoms. The average molecular weight is 206 g/mol. The molecule has 0 bridgehead atoms. The molecule has 1 heterocycles. The molecule has 0 aromatic carbocycles. The maximum atomic E-state index is 9.50. The van der Waals surface area contributed by atoms with Crippen LogP contribution in [0.2, 0.25) is 0 Å². The van der Waals surface area contributed by atoms with Crippen molar-refractivity contribution in [2.75, 3.05) is 14.4 Å². The molecule has 0 N–H and O–H groups in total. The van der Waals surface area contributed by atoms with Crippen LogP contribution in [-0.4, -0.2) is 14.4 Å². The molecule has 0 radical (unpaired) electrons. The topological polar surface area (TPSA) is 0 Å². The van der Waals surface area contributed by atoms with Gasteiger partial charge in [-0.3, -0.25) is 8.78 Å². The molecule has 0 unspecified atom stereocenters. The van der Waals surface area contributed by atoms with Crippen molar-refractivity contribution in [3.63, 3.8) is 0 Å². The third-order valence-corrected chi connectivity index (χ3v) is 2.32. The van der Waals surface area contributed by atoms with Crippen LogP contribution < -0.4 is 0 Å². The minimum absolute atomic E-state index is 0.500. The molecule has 0 nitrogen and oxygen atoms in total. The third-order valence-electron chi connectivity index (χ3n) is 1.16. The van der Waals surface area contributed by atoms with Gasteiger partial charge in [-0.1, -0.05) is 6.58 Å². The van der Waals surface area contributed by atoms with Gasteiger partial charge in [-0.15, -0.1) is 11.3 Å². The molecule has 0 saturated heterocycles. The van der Waals surface area contributed by atoms with E-state index in [0.717, 1.165) is 5.57 Å². The molecule has 0 fully saturated rings. The fourth-order valence-electron chi connectivity index (χ4n) is 0.664. The first-order valence-corrected chi connectivity index (χ1v) is 4.49. The zero-order chi connectivity index (χ0) is 10.9. The lowest BCUT2D eigenvalue weighted by Crippen LogP contribution is -1.62. The number of aryl methyl sites for hydroxylation is 1. The first-order chi connectivity index (χ1) is 6.20. The van der Waals surface area contributed by atoms with E-state index in [4.69, 9.17) is 0 Å². The Balaban J connectivity index is 0. The minimum Gasteiger partial charge on any atom is -0.255 e. The molecule has 0 amide bonds. The molecular weight excluding hydrogens is 190 g/mol. The Labute approximate surface area is 82.9 Å². The summed E-state index contributed by atoms with van der Waals surface area (Å²) in [4.78, 5) is 2.65. The van der Waals surface area contributed by atoms with Crippen molar-refractivity contribution in [2.24, 2.45) is 0 Å². The quantitative estimate of drug-likeness (QED) is 0.644. The molecule has 0 spiro atoms. The van der Waals surface area contributed by atoms with Gasteiger partial charge in [-0.25, -0.2) is 0 Å². The SMILES string of the molecule is C=C(C)c1ccc(C)s1.CF.CF. The van der Waals surface area contributed by atoms with E-state index in [1.807, 2.05) is 6.92 Å².